The Hall–Kier alpha value is -1.69. The summed E-state index contributed by atoms with van der Waals surface area (Å²) in [7, 11) is 0. The van der Waals surface area contributed by atoms with E-state index in [-0.39, 0.29) is 18.8 Å². The first-order valence-electron chi connectivity index (χ1n) is 4.57. The number of benzene rings is 1. The lowest BCUT2D eigenvalue weighted by Crippen LogP contribution is -2.31. The van der Waals surface area contributed by atoms with Gasteiger partial charge in [-0.25, -0.2) is 8.78 Å². The van der Waals surface area contributed by atoms with Gasteiger partial charge >= 0.3 is 5.97 Å². The van der Waals surface area contributed by atoms with Crippen molar-refractivity contribution in [1.29, 1.82) is 0 Å². The number of hydrogen-bond donors (Lipinski definition) is 2. The summed E-state index contributed by atoms with van der Waals surface area (Å²) in [5.74, 6) is -2.81. The third-order valence-electron chi connectivity index (χ3n) is 1.90. The third kappa shape index (κ3) is 3.47. The summed E-state index contributed by atoms with van der Waals surface area (Å²) in [6.45, 7) is -0.0456. The first kappa shape index (κ1) is 12.4. The first-order chi connectivity index (χ1) is 7.50. The number of carboxylic acids is 1. The van der Waals surface area contributed by atoms with Crippen molar-refractivity contribution in [2.24, 2.45) is 5.73 Å². The number of aliphatic carboxylic acids is 1. The number of rotatable bonds is 5. The molecular formula is C10H11F2NO3. The lowest BCUT2D eigenvalue weighted by molar-refractivity contribution is -0.138. The molecule has 1 unspecified atom stereocenters. The molecule has 6 heteroatoms. The van der Waals surface area contributed by atoms with Crippen molar-refractivity contribution in [3.8, 4) is 5.75 Å². The van der Waals surface area contributed by atoms with Gasteiger partial charge < -0.3 is 15.6 Å². The van der Waals surface area contributed by atoms with Crippen LogP contribution in [0.4, 0.5) is 8.78 Å². The van der Waals surface area contributed by atoms with E-state index >= 15 is 0 Å². The Morgan fingerprint density at radius 2 is 2.19 bits per heavy atom. The highest BCUT2D eigenvalue weighted by molar-refractivity contribution is 5.72. The van der Waals surface area contributed by atoms with Crippen LogP contribution < -0.4 is 10.5 Å². The Bertz CT molecular complexity index is 384. The number of hydrogen-bond acceptors (Lipinski definition) is 3. The van der Waals surface area contributed by atoms with E-state index in [1.165, 1.54) is 0 Å². The van der Waals surface area contributed by atoms with E-state index in [1.807, 2.05) is 0 Å². The molecule has 0 bridgehead atoms. The normalized spacial score (nSPS) is 12.2. The molecule has 88 valence electrons. The molecule has 3 N–H and O–H groups in total. The van der Waals surface area contributed by atoms with Crippen molar-refractivity contribution in [1.82, 2.24) is 0 Å². The van der Waals surface area contributed by atoms with Gasteiger partial charge in [-0.1, -0.05) is 0 Å². The van der Waals surface area contributed by atoms with Gasteiger partial charge in [0.1, 0.15) is 11.9 Å². The van der Waals surface area contributed by atoms with Crippen LogP contribution in [-0.4, -0.2) is 23.7 Å². The molecule has 0 amide bonds. The van der Waals surface area contributed by atoms with E-state index in [4.69, 9.17) is 15.6 Å². The summed E-state index contributed by atoms with van der Waals surface area (Å²) in [6, 6.07) is 1.82. The average Bonchev–Trinajstić information content (AvgIpc) is 2.20. The van der Waals surface area contributed by atoms with Gasteiger partial charge in [0, 0.05) is 12.5 Å². The first-order valence-corrected chi connectivity index (χ1v) is 4.57. The molecule has 0 saturated carbocycles. The summed E-state index contributed by atoms with van der Waals surface area (Å²) in [5, 5.41) is 8.47. The second-order valence-electron chi connectivity index (χ2n) is 3.16. The predicted molar refractivity (Wildman–Crippen MR) is 52.1 cm³/mol. The lowest BCUT2D eigenvalue weighted by Gasteiger charge is -2.09. The van der Waals surface area contributed by atoms with Crippen molar-refractivity contribution in [2.75, 3.05) is 6.61 Å². The molecule has 0 spiro atoms. The van der Waals surface area contributed by atoms with E-state index in [1.54, 1.807) is 0 Å². The molecule has 0 aliphatic heterocycles. The van der Waals surface area contributed by atoms with Crippen molar-refractivity contribution < 1.29 is 23.4 Å². The standard InChI is InChI=1S/C10H11F2NO3/c11-6-1-2-9(7(12)5-6)16-4-3-8(13)10(14)15/h1-2,5,8H,3-4,13H2,(H,14,15). The van der Waals surface area contributed by atoms with E-state index < -0.39 is 23.6 Å². The fourth-order valence-electron chi connectivity index (χ4n) is 1.01. The van der Waals surface area contributed by atoms with Gasteiger partial charge in [-0.2, -0.15) is 0 Å². The van der Waals surface area contributed by atoms with Crippen molar-refractivity contribution in [2.45, 2.75) is 12.5 Å². The molecule has 16 heavy (non-hydrogen) atoms. The van der Waals surface area contributed by atoms with E-state index in [9.17, 15) is 13.6 Å². The zero-order valence-corrected chi connectivity index (χ0v) is 8.32. The molecule has 4 nitrogen and oxygen atoms in total. The van der Waals surface area contributed by atoms with Crippen LogP contribution in [0.15, 0.2) is 18.2 Å². The van der Waals surface area contributed by atoms with Crippen LogP contribution in [0.25, 0.3) is 0 Å². The summed E-state index contributed by atoms with van der Waals surface area (Å²) in [6.07, 6.45) is 0.0478. The molecule has 1 aromatic carbocycles. The summed E-state index contributed by atoms with van der Waals surface area (Å²) in [5.41, 5.74) is 5.21. The molecule has 0 aliphatic carbocycles. The quantitative estimate of drug-likeness (QED) is 0.797. The molecule has 1 aromatic rings. The van der Waals surface area contributed by atoms with Gasteiger partial charge in [-0.05, 0) is 12.1 Å². The van der Waals surface area contributed by atoms with Crippen molar-refractivity contribution in [3.63, 3.8) is 0 Å². The van der Waals surface area contributed by atoms with E-state index in [0.29, 0.717) is 6.07 Å². The fourth-order valence-corrected chi connectivity index (χ4v) is 1.01. The third-order valence-corrected chi connectivity index (χ3v) is 1.90. The number of halogens is 2. The molecule has 0 aromatic heterocycles. The van der Waals surface area contributed by atoms with Gasteiger partial charge in [0.15, 0.2) is 11.6 Å². The zero-order valence-electron chi connectivity index (χ0n) is 8.32. The lowest BCUT2D eigenvalue weighted by atomic mass is 10.2. The highest BCUT2D eigenvalue weighted by atomic mass is 19.1. The summed E-state index contributed by atoms with van der Waals surface area (Å²) in [4.78, 5) is 10.3. The summed E-state index contributed by atoms with van der Waals surface area (Å²) >= 11 is 0. The molecule has 0 radical (unpaired) electrons. The Kier molecular flexibility index (Phi) is 4.19. The van der Waals surface area contributed by atoms with Crippen LogP contribution in [0.5, 0.6) is 5.75 Å². The molecule has 0 heterocycles. The maximum Gasteiger partial charge on any atom is 0.320 e. The molecule has 0 fully saturated rings. The van der Waals surface area contributed by atoms with Crippen LogP contribution in [0.2, 0.25) is 0 Å². The monoisotopic (exact) mass is 231 g/mol. The maximum absolute atomic E-state index is 13.0. The zero-order chi connectivity index (χ0) is 12.1. The average molecular weight is 231 g/mol. The van der Waals surface area contributed by atoms with Gasteiger partial charge in [0.25, 0.3) is 0 Å². The Labute approximate surface area is 90.6 Å². The van der Waals surface area contributed by atoms with Gasteiger partial charge in [0.2, 0.25) is 0 Å². The number of nitrogens with two attached hydrogens (primary N) is 1. The van der Waals surface area contributed by atoms with Crippen LogP contribution in [0, 0.1) is 11.6 Å². The largest absolute Gasteiger partial charge is 0.490 e. The van der Waals surface area contributed by atoms with Crippen molar-refractivity contribution in [3.05, 3.63) is 29.8 Å². The van der Waals surface area contributed by atoms with Gasteiger partial charge in [-0.3, -0.25) is 4.79 Å². The fraction of sp³-hybridized carbons (Fsp3) is 0.300. The predicted octanol–water partition coefficient (Wildman–Crippen LogP) is 1.15. The highest BCUT2D eigenvalue weighted by Crippen LogP contribution is 2.17. The van der Waals surface area contributed by atoms with E-state index in [0.717, 1.165) is 12.1 Å². The smallest absolute Gasteiger partial charge is 0.320 e. The summed E-state index contributed by atoms with van der Waals surface area (Å²) < 4.78 is 30.5. The van der Waals surface area contributed by atoms with E-state index in [2.05, 4.69) is 0 Å². The molecule has 1 atom stereocenters. The number of ether oxygens (including phenoxy) is 1. The Morgan fingerprint density at radius 1 is 1.50 bits per heavy atom. The SMILES string of the molecule is NC(CCOc1ccc(F)cc1F)C(=O)O. The van der Waals surface area contributed by atoms with Crippen LogP contribution in [0.3, 0.4) is 0 Å². The maximum atomic E-state index is 13.0. The topological polar surface area (TPSA) is 72.5 Å². The van der Waals surface area contributed by atoms with Crippen LogP contribution >= 0.6 is 0 Å². The second kappa shape index (κ2) is 5.41. The molecular weight excluding hydrogens is 220 g/mol. The molecule has 0 aliphatic rings. The minimum atomic E-state index is -1.15. The number of carboxylic acid groups (broad SMARTS) is 1. The van der Waals surface area contributed by atoms with Gasteiger partial charge in [0.05, 0.1) is 6.61 Å². The van der Waals surface area contributed by atoms with Crippen LogP contribution in [0.1, 0.15) is 6.42 Å². The Balaban J connectivity index is 2.46. The van der Waals surface area contributed by atoms with Crippen molar-refractivity contribution >= 4 is 5.97 Å². The van der Waals surface area contributed by atoms with Crippen LogP contribution in [-0.2, 0) is 4.79 Å². The minimum absolute atomic E-state index is 0.0456. The minimum Gasteiger partial charge on any atom is -0.490 e. The molecule has 1 rings (SSSR count). The molecule has 0 saturated heterocycles. The second-order valence-corrected chi connectivity index (χ2v) is 3.16. The van der Waals surface area contributed by atoms with Gasteiger partial charge in [-0.15, -0.1) is 0 Å². The highest BCUT2D eigenvalue weighted by Gasteiger charge is 2.12. The number of carbonyl (C=O) groups is 1. The Morgan fingerprint density at radius 3 is 2.75 bits per heavy atom.